The Labute approximate surface area is 221 Å². The maximum absolute atomic E-state index is 12.8. The standard InChI is InChI=1S/C28H32N6O4/c35-18-22-15-19-5-1-2-6-21(19)17-34(22)28-30-25(20-7-3-8-23(36)16-20)29-27(31-28)33-12-10-32(11-13-33)26(37)24-9-4-14-38-24/h1-3,5-8,16,22,24,35-36H,4,9-15,17-18H2/t22-,24?/m1/s1. The van der Waals surface area contributed by atoms with Crippen molar-refractivity contribution < 1.29 is 19.7 Å². The summed E-state index contributed by atoms with van der Waals surface area (Å²) in [5, 5.41) is 20.4. The van der Waals surface area contributed by atoms with E-state index < -0.39 is 0 Å². The number of aliphatic hydroxyl groups is 1. The minimum atomic E-state index is -0.319. The molecule has 1 aromatic heterocycles. The highest BCUT2D eigenvalue weighted by atomic mass is 16.5. The zero-order chi connectivity index (χ0) is 26.1. The molecule has 2 saturated heterocycles. The third-order valence-electron chi connectivity index (χ3n) is 7.62. The van der Waals surface area contributed by atoms with E-state index >= 15 is 0 Å². The van der Waals surface area contributed by atoms with Crippen molar-refractivity contribution in [3.05, 3.63) is 59.7 Å². The largest absolute Gasteiger partial charge is 0.508 e. The van der Waals surface area contributed by atoms with Gasteiger partial charge in [0.1, 0.15) is 11.9 Å². The first-order chi connectivity index (χ1) is 18.6. The number of aliphatic hydroxyl groups excluding tert-OH is 1. The van der Waals surface area contributed by atoms with E-state index in [4.69, 9.17) is 19.7 Å². The molecule has 10 nitrogen and oxygen atoms in total. The van der Waals surface area contributed by atoms with Gasteiger partial charge in [0.15, 0.2) is 5.82 Å². The summed E-state index contributed by atoms with van der Waals surface area (Å²) in [6, 6.07) is 14.9. The van der Waals surface area contributed by atoms with Gasteiger partial charge in [0.2, 0.25) is 11.9 Å². The number of benzene rings is 2. The highest BCUT2D eigenvalue weighted by molar-refractivity contribution is 5.81. The molecule has 2 N–H and O–H groups in total. The van der Waals surface area contributed by atoms with E-state index in [1.807, 2.05) is 28.0 Å². The summed E-state index contributed by atoms with van der Waals surface area (Å²) in [6.07, 6.45) is 2.09. The van der Waals surface area contributed by atoms with Crippen molar-refractivity contribution in [2.45, 2.75) is 38.0 Å². The minimum Gasteiger partial charge on any atom is -0.508 e. The van der Waals surface area contributed by atoms with Crippen LogP contribution in [-0.4, -0.2) is 87.5 Å². The molecule has 10 heteroatoms. The highest BCUT2D eigenvalue weighted by Gasteiger charge is 2.32. The van der Waals surface area contributed by atoms with Crippen LogP contribution in [0.5, 0.6) is 5.75 Å². The molecular formula is C28H32N6O4. The summed E-state index contributed by atoms with van der Waals surface area (Å²) in [5.41, 5.74) is 3.08. The number of rotatable bonds is 5. The number of anilines is 2. The molecule has 6 rings (SSSR count). The third kappa shape index (κ3) is 4.89. The van der Waals surface area contributed by atoms with Crippen molar-refractivity contribution in [3.8, 4) is 17.1 Å². The molecule has 0 saturated carbocycles. The molecule has 0 bridgehead atoms. The van der Waals surface area contributed by atoms with E-state index in [1.165, 1.54) is 11.1 Å². The summed E-state index contributed by atoms with van der Waals surface area (Å²) in [5.74, 6) is 1.66. The average Bonchev–Trinajstić information content (AvgIpc) is 3.51. The van der Waals surface area contributed by atoms with Crippen LogP contribution in [-0.2, 0) is 22.5 Å². The average molecular weight is 517 g/mol. The zero-order valence-corrected chi connectivity index (χ0v) is 21.2. The van der Waals surface area contributed by atoms with Gasteiger partial charge in [-0.05, 0) is 42.5 Å². The van der Waals surface area contributed by atoms with Crippen molar-refractivity contribution in [1.82, 2.24) is 19.9 Å². The lowest BCUT2D eigenvalue weighted by Crippen LogP contribution is -2.52. The molecule has 2 atom stereocenters. The lowest BCUT2D eigenvalue weighted by Gasteiger charge is -2.38. The van der Waals surface area contributed by atoms with Gasteiger partial charge in [-0.3, -0.25) is 4.79 Å². The van der Waals surface area contributed by atoms with Gasteiger partial charge >= 0.3 is 0 Å². The number of fused-ring (bicyclic) bond motifs is 1. The van der Waals surface area contributed by atoms with Gasteiger partial charge in [-0.15, -0.1) is 0 Å². The van der Waals surface area contributed by atoms with E-state index in [0.29, 0.717) is 69.0 Å². The van der Waals surface area contributed by atoms with Crippen LogP contribution in [0.2, 0.25) is 0 Å². The van der Waals surface area contributed by atoms with Gasteiger partial charge < -0.3 is 29.6 Å². The van der Waals surface area contributed by atoms with Crippen LogP contribution in [0.4, 0.5) is 11.9 Å². The predicted octanol–water partition coefficient (Wildman–Crippen LogP) is 2.00. The number of nitrogens with zero attached hydrogens (tertiary/aromatic N) is 6. The summed E-state index contributed by atoms with van der Waals surface area (Å²) in [4.78, 5) is 33.3. The van der Waals surface area contributed by atoms with Crippen LogP contribution < -0.4 is 9.80 Å². The molecule has 0 aliphatic carbocycles. The number of aromatic nitrogens is 3. The lowest BCUT2D eigenvalue weighted by molar-refractivity contribution is -0.141. The molecule has 2 fully saturated rings. The van der Waals surface area contributed by atoms with Crippen LogP contribution in [0.25, 0.3) is 11.4 Å². The minimum absolute atomic E-state index is 0.0270. The molecule has 0 spiro atoms. The monoisotopic (exact) mass is 516 g/mol. The first kappa shape index (κ1) is 24.6. The van der Waals surface area contributed by atoms with Gasteiger partial charge in [0, 0.05) is 44.9 Å². The lowest BCUT2D eigenvalue weighted by atomic mass is 9.94. The van der Waals surface area contributed by atoms with Crippen molar-refractivity contribution in [2.24, 2.45) is 0 Å². The van der Waals surface area contributed by atoms with E-state index in [2.05, 4.69) is 17.0 Å². The van der Waals surface area contributed by atoms with Crippen molar-refractivity contribution in [3.63, 3.8) is 0 Å². The number of hydrogen-bond acceptors (Lipinski definition) is 9. The Morgan fingerprint density at radius 2 is 1.76 bits per heavy atom. The number of phenols is 1. The van der Waals surface area contributed by atoms with Gasteiger partial charge in [0.05, 0.1) is 12.6 Å². The topological polar surface area (TPSA) is 115 Å². The third-order valence-corrected chi connectivity index (χ3v) is 7.62. The molecule has 198 valence electrons. The summed E-state index contributed by atoms with van der Waals surface area (Å²) < 4.78 is 5.60. The van der Waals surface area contributed by atoms with Crippen LogP contribution in [0.3, 0.4) is 0 Å². The predicted molar refractivity (Wildman–Crippen MR) is 142 cm³/mol. The maximum atomic E-state index is 12.8. The maximum Gasteiger partial charge on any atom is 0.251 e. The fourth-order valence-electron chi connectivity index (χ4n) is 5.49. The van der Waals surface area contributed by atoms with Gasteiger partial charge in [-0.25, -0.2) is 0 Å². The van der Waals surface area contributed by atoms with E-state index in [-0.39, 0.29) is 30.4 Å². The number of piperazine rings is 1. The highest BCUT2D eigenvalue weighted by Crippen LogP contribution is 2.30. The number of ether oxygens (including phenoxy) is 1. The Kier molecular flexibility index (Phi) is 6.82. The number of aromatic hydroxyl groups is 1. The van der Waals surface area contributed by atoms with Crippen LogP contribution >= 0.6 is 0 Å². The first-order valence-electron chi connectivity index (χ1n) is 13.2. The van der Waals surface area contributed by atoms with Gasteiger partial charge in [0.25, 0.3) is 5.91 Å². The number of phenolic OH excluding ortho intramolecular Hbond substituents is 1. The normalized spacial score (nSPS) is 21.4. The van der Waals surface area contributed by atoms with E-state index in [1.54, 1.807) is 18.2 Å². The Hall–Kier alpha value is -3.76. The zero-order valence-electron chi connectivity index (χ0n) is 21.2. The van der Waals surface area contributed by atoms with Crippen LogP contribution in [0.15, 0.2) is 48.5 Å². The van der Waals surface area contributed by atoms with Crippen LogP contribution in [0, 0.1) is 0 Å². The van der Waals surface area contributed by atoms with Crippen LogP contribution in [0.1, 0.15) is 24.0 Å². The Morgan fingerprint density at radius 1 is 0.974 bits per heavy atom. The second-order valence-corrected chi connectivity index (χ2v) is 10.1. The number of amides is 1. The molecule has 0 radical (unpaired) electrons. The first-order valence-corrected chi connectivity index (χ1v) is 13.2. The summed E-state index contributed by atoms with van der Waals surface area (Å²) in [7, 11) is 0. The Bertz CT molecular complexity index is 1310. The molecule has 3 aliphatic heterocycles. The quantitative estimate of drug-likeness (QED) is 0.525. The second-order valence-electron chi connectivity index (χ2n) is 10.1. The fraction of sp³-hybridized carbons (Fsp3) is 0.429. The SMILES string of the molecule is O=C(C1CCCO1)N1CCN(c2nc(-c3cccc(O)c3)nc(N3Cc4ccccc4C[C@@H]3CO)n2)CC1. The molecule has 38 heavy (non-hydrogen) atoms. The molecule has 4 heterocycles. The number of hydrogen-bond donors (Lipinski definition) is 2. The summed E-state index contributed by atoms with van der Waals surface area (Å²) in [6.45, 7) is 3.52. The fourth-order valence-corrected chi connectivity index (χ4v) is 5.49. The van der Waals surface area contributed by atoms with Crippen molar-refractivity contribution in [2.75, 3.05) is 49.2 Å². The molecule has 2 aromatic carbocycles. The van der Waals surface area contributed by atoms with E-state index in [9.17, 15) is 15.0 Å². The molecule has 1 unspecified atom stereocenters. The summed E-state index contributed by atoms with van der Waals surface area (Å²) >= 11 is 0. The molecule has 3 aliphatic rings. The number of carbonyl (C=O) groups is 1. The van der Waals surface area contributed by atoms with E-state index in [0.717, 1.165) is 12.8 Å². The van der Waals surface area contributed by atoms with Gasteiger partial charge in [-0.1, -0.05) is 36.4 Å². The van der Waals surface area contributed by atoms with Gasteiger partial charge in [-0.2, -0.15) is 15.0 Å². The van der Waals surface area contributed by atoms with Crippen molar-refractivity contribution >= 4 is 17.8 Å². The second kappa shape index (κ2) is 10.5. The smallest absolute Gasteiger partial charge is 0.251 e. The Balaban J connectivity index is 1.31. The number of carbonyl (C=O) groups excluding carboxylic acids is 1. The molecular weight excluding hydrogens is 484 g/mol. The molecule has 1 amide bonds. The van der Waals surface area contributed by atoms with Crippen molar-refractivity contribution in [1.29, 1.82) is 0 Å². The molecule has 3 aromatic rings. The Morgan fingerprint density at radius 3 is 2.50 bits per heavy atom.